The van der Waals surface area contributed by atoms with Gasteiger partial charge in [0.15, 0.2) is 0 Å². The van der Waals surface area contributed by atoms with Crippen LogP contribution in [0.2, 0.25) is 25.7 Å². The second kappa shape index (κ2) is 11.4. The number of nitrogens with two attached hydrogens (primary N) is 2. The summed E-state index contributed by atoms with van der Waals surface area (Å²) in [6, 6.07) is 11.8. The van der Waals surface area contributed by atoms with E-state index in [2.05, 4.69) is 68.2 Å². The van der Waals surface area contributed by atoms with Crippen LogP contribution in [0.3, 0.4) is 0 Å². The smallest absolute Gasteiger partial charge is 0.260 e. The molecule has 0 unspecified atom stereocenters. The van der Waals surface area contributed by atoms with Crippen LogP contribution in [0.4, 0.5) is 17.1 Å². The van der Waals surface area contributed by atoms with E-state index in [4.69, 9.17) is 16.2 Å². The summed E-state index contributed by atoms with van der Waals surface area (Å²) < 4.78 is 8.02. The maximum absolute atomic E-state index is 11.8. The fourth-order valence-electron chi connectivity index (χ4n) is 4.93. The minimum Gasteiger partial charge on any atom is -0.397 e. The van der Waals surface area contributed by atoms with Crippen LogP contribution in [0.5, 0.6) is 0 Å². The third-order valence-corrected chi connectivity index (χ3v) is 9.93. The van der Waals surface area contributed by atoms with Crippen LogP contribution in [0.1, 0.15) is 16.1 Å². The molecule has 1 aromatic carbocycles. The number of anilines is 3. The predicted octanol–water partition coefficient (Wildman–Crippen LogP) is 4.87. The number of hydrogen-bond acceptors (Lipinski definition) is 8. The minimum atomic E-state index is -1.11. The normalized spacial score (nSPS) is 14.6. The van der Waals surface area contributed by atoms with Crippen LogP contribution in [0.15, 0.2) is 48.9 Å². The quantitative estimate of drug-likeness (QED) is 0.220. The number of nitrogen functional groups attached to an aromatic ring is 1. The van der Waals surface area contributed by atoms with E-state index >= 15 is 0 Å². The molecule has 4 aromatic rings. The fraction of sp³-hybridized carbons (Fsp3) is 0.393. The SMILES string of the molecule is C[Si](C)(C)CCOCn1ccnc1-c1ccc(N2CCCN(c3ccnc4sc(C(N)=O)c(N)c34)CC2)cc1. The maximum atomic E-state index is 11.8. The molecule has 0 spiro atoms. The van der Waals surface area contributed by atoms with Crippen molar-refractivity contribution in [2.24, 2.45) is 5.73 Å². The molecule has 9 nitrogen and oxygen atoms in total. The second-order valence-electron chi connectivity index (χ2n) is 11.2. The Balaban J connectivity index is 1.26. The molecule has 206 valence electrons. The van der Waals surface area contributed by atoms with Gasteiger partial charge < -0.3 is 30.6 Å². The van der Waals surface area contributed by atoms with Gasteiger partial charge in [-0.1, -0.05) is 19.6 Å². The summed E-state index contributed by atoms with van der Waals surface area (Å²) in [5, 5.41) is 0.828. The summed E-state index contributed by atoms with van der Waals surface area (Å²) in [5.41, 5.74) is 15.6. The molecule has 1 aliphatic rings. The highest BCUT2D eigenvalue weighted by molar-refractivity contribution is 7.21. The molecule has 0 atom stereocenters. The van der Waals surface area contributed by atoms with Gasteiger partial charge in [-0.3, -0.25) is 4.79 Å². The number of benzene rings is 1. The number of ether oxygens (including phenoxy) is 1. The van der Waals surface area contributed by atoms with E-state index < -0.39 is 14.0 Å². The van der Waals surface area contributed by atoms with Crippen LogP contribution >= 0.6 is 11.3 Å². The summed E-state index contributed by atoms with van der Waals surface area (Å²) in [7, 11) is -1.11. The van der Waals surface area contributed by atoms with Crippen molar-refractivity contribution in [2.45, 2.75) is 38.8 Å². The van der Waals surface area contributed by atoms with E-state index in [1.807, 2.05) is 18.5 Å². The molecule has 4 N–H and O–H groups in total. The highest BCUT2D eigenvalue weighted by Gasteiger charge is 2.22. The van der Waals surface area contributed by atoms with E-state index in [0.717, 1.165) is 72.5 Å². The first-order valence-corrected chi connectivity index (χ1v) is 17.9. The van der Waals surface area contributed by atoms with Crippen molar-refractivity contribution in [3.05, 3.63) is 53.8 Å². The highest BCUT2D eigenvalue weighted by Crippen LogP contribution is 2.38. The van der Waals surface area contributed by atoms with Crippen molar-refractivity contribution in [2.75, 3.05) is 48.3 Å². The molecule has 0 bridgehead atoms. The molecule has 0 aliphatic carbocycles. The summed E-state index contributed by atoms with van der Waals surface area (Å²) in [5.74, 6) is 0.408. The second-order valence-corrected chi connectivity index (χ2v) is 17.8. The number of pyridine rings is 1. The molecule has 11 heteroatoms. The number of primary amides is 1. The molecule has 0 radical (unpaired) electrons. The highest BCUT2D eigenvalue weighted by atomic mass is 32.1. The third kappa shape index (κ3) is 6.10. The standard InChI is InChI=1S/C28H37N7O2SSi/c1-39(2,3)18-17-37-19-35-14-11-31-27(35)20-5-7-21(8-6-20)33-12-4-13-34(16-15-33)22-9-10-32-28-23(22)24(29)25(38-28)26(30)36/h5-11,14H,4,12-13,15-19,29H2,1-3H3,(H2,30,36). The summed E-state index contributed by atoms with van der Waals surface area (Å²) in [6.45, 7) is 11.9. The Bertz CT molecular complexity index is 1440. The topological polar surface area (TPSA) is 116 Å². The largest absolute Gasteiger partial charge is 0.397 e. The minimum absolute atomic E-state index is 0.375. The van der Waals surface area contributed by atoms with Crippen LogP contribution in [0.25, 0.3) is 21.6 Å². The average molecular weight is 564 g/mol. The zero-order valence-corrected chi connectivity index (χ0v) is 24.7. The van der Waals surface area contributed by atoms with Gasteiger partial charge in [0.05, 0.1) is 16.8 Å². The van der Waals surface area contributed by atoms with Crippen molar-refractivity contribution in [1.82, 2.24) is 14.5 Å². The van der Waals surface area contributed by atoms with Gasteiger partial charge in [-0.25, -0.2) is 9.97 Å². The molecular formula is C28H37N7O2SSi. The first kappa shape index (κ1) is 27.2. The van der Waals surface area contributed by atoms with Gasteiger partial charge in [0.1, 0.15) is 22.3 Å². The number of nitrogens with zero attached hydrogens (tertiary/aromatic N) is 5. The molecule has 5 rings (SSSR count). The molecule has 39 heavy (non-hydrogen) atoms. The molecule has 1 amide bonds. The Hall–Kier alpha value is -3.41. The zero-order chi connectivity index (χ0) is 27.6. The van der Waals surface area contributed by atoms with E-state index in [0.29, 0.717) is 17.3 Å². The van der Waals surface area contributed by atoms with Crippen molar-refractivity contribution in [3.63, 3.8) is 0 Å². The third-order valence-electron chi connectivity index (χ3n) is 7.10. The monoisotopic (exact) mass is 563 g/mol. The molecular weight excluding hydrogens is 527 g/mol. The van der Waals surface area contributed by atoms with E-state index in [9.17, 15) is 4.79 Å². The van der Waals surface area contributed by atoms with Crippen molar-refractivity contribution in [1.29, 1.82) is 0 Å². The number of hydrogen-bond donors (Lipinski definition) is 2. The Labute approximate surface area is 234 Å². The number of carbonyl (C=O) groups excluding carboxylic acids is 1. The molecule has 1 saturated heterocycles. The van der Waals surface area contributed by atoms with Crippen LogP contribution in [-0.2, 0) is 11.5 Å². The lowest BCUT2D eigenvalue weighted by atomic mass is 10.1. The number of aromatic nitrogens is 3. The predicted molar refractivity (Wildman–Crippen MR) is 163 cm³/mol. The molecule has 4 heterocycles. The van der Waals surface area contributed by atoms with Gasteiger partial charge in [0.25, 0.3) is 5.91 Å². The van der Waals surface area contributed by atoms with Crippen LogP contribution in [0, 0.1) is 0 Å². The van der Waals surface area contributed by atoms with E-state index in [-0.39, 0.29) is 0 Å². The number of rotatable bonds is 9. The van der Waals surface area contributed by atoms with Gasteiger partial charge in [-0.05, 0) is 42.8 Å². The van der Waals surface area contributed by atoms with Crippen molar-refractivity contribution >= 4 is 52.6 Å². The molecule has 1 fully saturated rings. The van der Waals surface area contributed by atoms with E-state index in [1.165, 1.54) is 17.0 Å². The first-order valence-electron chi connectivity index (χ1n) is 13.4. The van der Waals surface area contributed by atoms with Crippen molar-refractivity contribution in [3.8, 4) is 11.4 Å². The lowest BCUT2D eigenvalue weighted by Crippen LogP contribution is -2.30. The van der Waals surface area contributed by atoms with Gasteiger partial charge in [0, 0.05) is 70.7 Å². The fourth-order valence-corrected chi connectivity index (χ4v) is 6.62. The number of imidazole rings is 1. The molecule has 0 saturated carbocycles. The first-order chi connectivity index (χ1) is 18.7. The Kier molecular flexibility index (Phi) is 7.92. The summed E-state index contributed by atoms with van der Waals surface area (Å²) in [4.78, 5) is 26.7. The summed E-state index contributed by atoms with van der Waals surface area (Å²) >= 11 is 1.26. The van der Waals surface area contributed by atoms with Gasteiger partial charge in [0.2, 0.25) is 0 Å². The van der Waals surface area contributed by atoms with Crippen LogP contribution < -0.4 is 21.3 Å². The Morgan fingerprint density at radius 3 is 2.51 bits per heavy atom. The lowest BCUT2D eigenvalue weighted by Gasteiger charge is -2.25. The van der Waals surface area contributed by atoms with Crippen molar-refractivity contribution < 1.29 is 9.53 Å². The lowest BCUT2D eigenvalue weighted by molar-refractivity contribution is 0.0883. The molecule has 3 aromatic heterocycles. The average Bonchev–Trinajstić information content (AvgIpc) is 3.42. The number of thiophene rings is 1. The van der Waals surface area contributed by atoms with Gasteiger partial charge in [-0.15, -0.1) is 11.3 Å². The molecule has 1 aliphatic heterocycles. The van der Waals surface area contributed by atoms with E-state index in [1.54, 1.807) is 6.20 Å². The van der Waals surface area contributed by atoms with Gasteiger partial charge in [-0.2, -0.15) is 0 Å². The van der Waals surface area contributed by atoms with Crippen LogP contribution in [-0.4, -0.2) is 61.3 Å². The number of fused-ring (bicyclic) bond motifs is 1. The Morgan fingerprint density at radius 2 is 1.77 bits per heavy atom. The summed E-state index contributed by atoms with van der Waals surface area (Å²) in [6.07, 6.45) is 6.58. The number of carbonyl (C=O) groups is 1. The zero-order valence-electron chi connectivity index (χ0n) is 22.9. The Morgan fingerprint density at radius 1 is 1.03 bits per heavy atom. The van der Waals surface area contributed by atoms with Gasteiger partial charge >= 0.3 is 0 Å². The number of amides is 1. The maximum Gasteiger partial charge on any atom is 0.260 e.